The highest BCUT2D eigenvalue weighted by Crippen LogP contribution is 2.39. The summed E-state index contributed by atoms with van der Waals surface area (Å²) in [5.41, 5.74) is 1.38. The number of hydrogen-bond acceptors (Lipinski definition) is 5. The van der Waals surface area contributed by atoms with Gasteiger partial charge in [0.05, 0.1) is 24.1 Å². The van der Waals surface area contributed by atoms with E-state index >= 15 is 0 Å². The molecule has 1 saturated heterocycles. The van der Waals surface area contributed by atoms with Gasteiger partial charge in [0.2, 0.25) is 0 Å². The summed E-state index contributed by atoms with van der Waals surface area (Å²) in [6.45, 7) is 3.52. The number of hydrogen-bond donors (Lipinski definition) is 0. The van der Waals surface area contributed by atoms with Crippen LogP contribution in [0.15, 0.2) is 36.0 Å². The fraction of sp³-hybridized carbons (Fsp3) is 0.364. The molecule has 0 bridgehead atoms. The Morgan fingerprint density at radius 3 is 2.57 bits per heavy atom. The molecule has 2 aromatic rings. The van der Waals surface area contributed by atoms with Gasteiger partial charge in [0, 0.05) is 49.9 Å². The van der Waals surface area contributed by atoms with Gasteiger partial charge >= 0.3 is 6.18 Å². The maximum Gasteiger partial charge on any atom is 0.418 e. The third-order valence-electron chi connectivity index (χ3n) is 5.62. The van der Waals surface area contributed by atoms with Crippen molar-refractivity contribution in [1.29, 1.82) is 0 Å². The number of aromatic nitrogens is 1. The first-order chi connectivity index (χ1) is 14.3. The lowest BCUT2D eigenvalue weighted by Crippen LogP contribution is -2.44. The van der Waals surface area contributed by atoms with Crippen molar-refractivity contribution in [1.82, 2.24) is 9.88 Å². The summed E-state index contributed by atoms with van der Waals surface area (Å²) in [4.78, 5) is 21.2. The number of allylic oxidation sites excluding steroid dienone is 1. The van der Waals surface area contributed by atoms with E-state index in [2.05, 4.69) is 21.8 Å². The molecule has 0 amide bonds. The molecule has 1 aliphatic carbocycles. The lowest BCUT2D eigenvalue weighted by Gasteiger charge is -2.35. The smallest absolute Gasteiger partial charge is 0.418 e. The Labute approximate surface area is 172 Å². The molecule has 0 radical (unpaired) electrons. The van der Waals surface area contributed by atoms with Crippen molar-refractivity contribution in [3.8, 4) is 5.75 Å². The zero-order valence-electron chi connectivity index (χ0n) is 16.8. The number of benzene rings is 1. The van der Waals surface area contributed by atoms with E-state index in [1.165, 1.54) is 18.3 Å². The number of ketones is 1. The van der Waals surface area contributed by atoms with Crippen molar-refractivity contribution in [2.24, 2.45) is 0 Å². The molecule has 4 rings (SSSR count). The monoisotopic (exact) mass is 417 g/mol. The number of methoxy groups -OCH3 is 1. The van der Waals surface area contributed by atoms with Gasteiger partial charge in [-0.15, -0.1) is 0 Å². The summed E-state index contributed by atoms with van der Waals surface area (Å²) >= 11 is 0. The van der Waals surface area contributed by atoms with Gasteiger partial charge in [-0.05, 0) is 43.0 Å². The third-order valence-corrected chi connectivity index (χ3v) is 5.62. The molecule has 0 spiro atoms. The van der Waals surface area contributed by atoms with Gasteiger partial charge in [-0.1, -0.05) is 0 Å². The number of rotatable bonds is 3. The molecule has 1 aromatic heterocycles. The number of nitrogens with zero attached hydrogens (tertiary/aromatic N) is 3. The third kappa shape index (κ3) is 3.79. The van der Waals surface area contributed by atoms with Crippen molar-refractivity contribution in [3.63, 3.8) is 0 Å². The Morgan fingerprint density at radius 1 is 1.17 bits per heavy atom. The standard InChI is InChI=1S/C22H22F3N3O2/c1-27-6-8-28(9-7-27)19-12-14-10-15(21(29)16(14)13-20(19)30-2)11-18-17(22(23,24)25)4-3-5-26-18/h3-5,11-13H,6-10H2,1-2H3. The molecule has 2 heterocycles. The fourth-order valence-electron chi connectivity index (χ4n) is 3.94. The number of alkyl halides is 3. The largest absolute Gasteiger partial charge is 0.495 e. The number of carbonyl (C=O) groups excluding carboxylic acids is 1. The predicted molar refractivity (Wildman–Crippen MR) is 108 cm³/mol. The van der Waals surface area contributed by atoms with Gasteiger partial charge in [-0.25, -0.2) is 0 Å². The predicted octanol–water partition coefficient (Wildman–Crippen LogP) is 3.68. The molecule has 158 valence electrons. The summed E-state index contributed by atoms with van der Waals surface area (Å²) in [5, 5.41) is 0. The number of Topliss-reactive ketones (excluding diaryl/α,β-unsaturated/α-hetero) is 1. The van der Waals surface area contributed by atoms with Crippen molar-refractivity contribution in [2.45, 2.75) is 12.6 Å². The Hall–Kier alpha value is -2.87. The van der Waals surface area contributed by atoms with E-state index in [-0.39, 0.29) is 17.9 Å². The molecule has 2 aliphatic rings. The second-order valence-corrected chi connectivity index (χ2v) is 7.58. The maximum atomic E-state index is 13.3. The molecular formula is C22H22F3N3O2. The minimum Gasteiger partial charge on any atom is -0.495 e. The van der Waals surface area contributed by atoms with Crippen molar-refractivity contribution >= 4 is 17.5 Å². The molecule has 0 N–H and O–H groups in total. The van der Waals surface area contributed by atoms with E-state index in [4.69, 9.17) is 4.74 Å². The normalized spacial score (nSPS) is 18.8. The second kappa shape index (κ2) is 7.75. The summed E-state index contributed by atoms with van der Waals surface area (Å²) in [5.74, 6) is 0.314. The number of anilines is 1. The fourth-order valence-corrected chi connectivity index (χ4v) is 3.94. The van der Waals surface area contributed by atoms with Crippen LogP contribution in [0.3, 0.4) is 0 Å². The minimum absolute atomic E-state index is 0.243. The average Bonchev–Trinajstić information content (AvgIpc) is 3.02. The van der Waals surface area contributed by atoms with E-state index in [0.717, 1.165) is 43.5 Å². The number of ether oxygens (including phenoxy) is 1. The van der Waals surface area contributed by atoms with Crippen LogP contribution in [-0.2, 0) is 12.6 Å². The Bertz CT molecular complexity index is 1010. The van der Waals surface area contributed by atoms with E-state index in [9.17, 15) is 18.0 Å². The highest BCUT2D eigenvalue weighted by atomic mass is 19.4. The van der Waals surface area contributed by atoms with Gasteiger partial charge < -0.3 is 14.5 Å². The van der Waals surface area contributed by atoms with Crippen molar-refractivity contribution in [2.75, 3.05) is 45.2 Å². The maximum absolute atomic E-state index is 13.3. The number of pyridine rings is 1. The van der Waals surface area contributed by atoms with E-state index < -0.39 is 11.7 Å². The molecule has 5 nitrogen and oxygen atoms in total. The highest BCUT2D eigenvalue weighted by molar-refractivity contribution is 6.16. The number of halogens is 3. The summed E-state index contributed by atoms with van der Waals surface area (Å²) in [6.07, 6.45) is -1.71. The van der Waals surface area contributed by atoms with Crippen LogP contribution in [-0.4, -0.2) is 56.0 Å². The molecular weight excluding hydrogens is 395 g/mol. The molecule has 0 saturated carbocycles. The van der Waals surface area contributed by atoms with Crippen LogP contribution in [0.1, 0.15) is 27.2 Å². The number of carbonyl (C=O) groups is 1. The number of piperazine rings is 1. The molecule has 1 aromatic carbocycles. The Morgan fingerprint density at radius 2 is 1.90 bits per heavy atom. The summed E-state index contributed by atoms with van der Waals surface area (Å²) in [7, 11) is 3.63. The van der Waals surface area contributed by atoms with Gasteiger partial charge in [0.25, 0.3) is 0 Å². The van der Waals surface area contributed by atoms with Crippen LogP contribution < -0.4 is 9.64 Å². The molecule has 1 fully saturated rings. The van der Waals surface area contributed by atoms with Crippen molar-refractivity contribution < 1.29 is 22.7 Å². The average molecular weight is 417 g/mol. The van der Waals surface area contributed by atoms with E-state index in [1.807, 2.05) is 6.07 Å². The number of fused-ring (bicyclic) bond motifs is 1. The van der Waals surface area contributed by atoms with Gasteiger partial charge in [-0.3, -0.25) is 9.78 Å². The van der Waals surface area contributed by atoms with Crippen LogP contribution in [0, 0.1) is 0 Å². The Balaban J connectivity index is 1.69. The van der Waals surface area contributed by atoms with Gasteiger partial charge in [0.1, 0.15) is 5.75 Å². The molecule has 8 heteroatoms. The van der Waals surface area contributed by atoms with Crippen LogP contribution in [0.25, 0.3) is 6.08 Å². The van der Waals surface area contributed by atoms with Crippen LogP contribution >= 0.6 is 0 Å². The quantitative estimate of drug-likeness (QED) is 0.713. The topological polar surface area (TPSA) is 45.7 Å². The first-order valence-corrected chi connectivity index (χ1v) is 9.70. The van der Waals surface area contributed by atoms with Gasteiger partial charge in [0.15, 0.2) is 5.78 Å². The zero-order chi connectivity index (χ0) is 21.5. The molecule has 30 heavy (non-hydrogen) atoms. The lowest BCUT2D eigenvalue weighted by atomic mass is 10.1. The van der Waals surface area contributed by atoms with Crippen LogP contribution in [0.4, 0.5) is 18.9 Å². The summed E-state index contributed by atoms with van der Waals surface area (Å²) in [6, 6.07) is 5.85. The molecule has 1 aliphatic heterocycles. The molecule has 0 unspecified atom stereocenters. The zero-order valence-corrected chi connectivity index (χ0v) is 16.8. The van der Waals surface area contributed by atoms with E-state index in [0.29, 0.717) is 16.9 Å². The second-order valence-electron chi connectivity index (χ2n) is 7.58. The Kier molecular flexibility index (Phi) is 5.27. The van der Waals surface area contributed by atoms with Crippen LogP contribution in [0.5, 0.6) is 5.75 Å². The summed E-state index contributed by atoms with van der Waals surface area (Å²) < 4.78 is 45.4. The first kappa shape index (κ1) is 20.4. The van der Waals surface area contributed by atoms with Crippen molar-refractivity contribution in [3.05, 3.63) is 58.4 Å². The molecule has 0 atom stereocenters. The van der Waals surface area contributed by atoms with Crippen LogP contribution in [0.2, 0.25) is 0 Å². The van der Waals surface area contributed by atoms with E-state index in [1.54, 1.807) is 13.2 Å². The SMILES string of the molecule is COc1cc2c(cc1N1CCN(C)CC1)CC(=Cc1ncccc1C(F)(F)F)C2=O. The van der Waals surface area contributed by atoms with Gasteiger partial charge in [-0.2, -0.15) is 13.2 Å². The first-order valence-electron chi connectivity index (χ1n) is 9.70. The number of likely N-dealkylation sites (N-methyl/N-ethyl adjacent to an activating group) is 1. The highest BCUT2D eigenvalue weighted by Gasteiger charge is 2.34. The lowest BCUT2D eigenvalue weighted by molar-refractivity contribution is -0.138. The minimum atomic E-state index is -4.53.